The highest BCUT2D eigenvalue weighted by Gasteiger charge is 1.96. The van der Waals surface area contributed by atoms with E-state index in [2.05, 4.69) is 15.9 Å². The molecule has 0 fully saturated rings. The molecule has 27 heavy (non-hydrogen) atoms. The molecule has 0 nitrogen and oxygen atoms in total. The molecular weight excluding hydrogens is 416 g/mol. The van der Waals surface area contributed by atoms with Crippen LogP contribution in [0, 0.1) is 0 Å². The number of hydrogen-bond acceptors (Lipinski definition) is 0. The van der Waals surface area contributed by atoms with Crippen LogP contribution in [-0.4, -0.2) is 11.2 Å². The summed E-state index contributed by atoms with van der Waals surface area (Å²) in [6.07, 6.45) is 33.1. The molecule has 0 bridgehead atoms. The molecule has 0 radical (unpaired) electrons. The van der Waals surface area contributed by atoms with Crippen molar-refractivity contribution in [3.8, 4) is 0 Å². The molecule has 0 amide bonds. The summed E-state index contributed by atoms with van der Waals surface area (Å²) in [5.41, 5.74) is 0. The molecule has 0 heterocycles. The second kappa shape index (κ2) is 26.8. The van der Waals surface area contributed by atoms with Crippen LogP contribution in [0.25, 0.3) is 0 Å². The fraction of sp³-hybridized carbons (Fsp3) is 1.00. The van der Waals surface area contributed by atoms with Crippen molar-refractivity contribution >= 4 is 27.5 Å². The minimum atomic E-state index is 0.845. The maximum Gasteiger partial charge on any atom is 0.0223 e. The summed E-state index contributed by atoms with van der Waals surface area (Å²) >= 11 is 9.21. The van der Waals surface area contributed by atoms with Gasteiger partial charge in [-0.15, -0.1) is 11.6 Å². The Labute approximate surface area is 186 Å². The first-order valence-corrected chi connectivity index (χ1v) is 14.2. The molecule has 0 saturated heterocycles. The molecule has 0 aromatic heterocycles. The minimum Gasteiger partial charge on any atom is -0.127 e. The van der Waals surface area contributed by atoms with Gasteiger partial charge in [-0.1, -0.05) is 151 Å². The molecular formula is C25H50BrCl. The highest BCUT2D eigenvalue weighted by molar-refractivity contribution is 9.09. The van der Waals surface area contributed by atoms with Gasteiger partial charge in [-0.3, -0.25) is 0 Å². The summed E-state index contributed by atoms with van der Waals surface area (Å²) in [5, 5.41) is 1.18. The van der Waals surface area contributed by atoms with Crippen LogP contribution in [0.3, 0.4) is 0 Å². The molecule has 0 atom stereocenters. The van der Waals surface area contributed by atoms with Gasteiger partial charge in [-0.05, 0) is 12.8 Å². The Morgan fingerprint density at radius 1 is 0.296 bits per heavy atom. The maximum absolute atomic E-state index is 5.70. The third kappa shape index (κ3) is 26.8. The largest absolute Gasteiger partial charge is 0.127 e. The third-order valence-corrected chi connectivity index (χ3v) is 6.60. The van der Waals surface area contributed by atoms with Gasteiger partial charge in [0.25, 0.3) is 0 Å². The summed E-state index contributed by atoms with van der Waals surface area (Å²) in [5.74, 6) is 0.845. The Morgan fingerprint density at radius 3 is 0.667 bits per heavy atom. The predicted octanol–water partition coefficient (Wildman–Crippen LogP) is 10.6. The summed E-state index contributed by atoms with van der Waals surface area (Å²) in [7, 11) is 0. The van der Waals surface area contributed by atoms with Gasteiger partial charge in [0.15, 0.2) is 0 Å². The summed E-state index contributed by atoms with van der Waals surface area (Å²) in [6.45, 7) is 0. The molecule has 0 aliphatic heterocycles. The molecule has 0 saturated carbocycles. The van der Waals surface area contributed by atoms with E-state index in [-0.39, 0.29) is 0 Å². The van der Waals surface area contributed by atoms with E-state index in [9.17, 15) is 0 Å². The van der Waals surface area contributed by atoms with Crippen LogP contribution in [0.5, 0.6) is 0 Å². The average molecular weight is 466 g/mol. The van der Waals surface area contributed by atoms with E-state index in [4.69, 9.17) is 11.6 Å². The van der Waals surface area contributed by atoms with Crippen LogP contribution >= 0.6 is 27.5 Å². The Balaban J connectivity index is 2.95. The Kier molecular flexibility index (Phi) is 27.5. The molecule has 0 aromatic carbocycles. The lowest BCUT2D eigenvalue weighted by molar-refractivity contribution is 0.519. The van der Waals surface area contributed by atoms with Crippen LogP contribution in [0.4, 0.5) is 0 Å². The highest BCUT2D eigenvalue weighted by atomic mass is 79.9. The van der Waals surface area contributed by atoms with Crippen molar-refractivity contribution in [2.45, 2.75) is 148 Å². The van der Waals surface area contributed by atoms with Gasteiger partial charge in [0.2, 0.25) is 0 Å². The molecule has 0 aromatic rings. The first-order valence-electron chi connectivity index (χ1n) is 12.5. The third-order valence-electron chi connectivity index (χ3n) is 5.77. The molecule has 164 valence electrons. The van der Waals surface area contributed by atoms with Gasteiger partial charge < -0.3 is 0 Å². The van der Waals surface area contributed by atoms with Gasteiger partial charge in [-0.2, -0.15) is 0 Å². The van der Waals surface area contributed by atoms with E-state index in [0.29, 0.717) is 0 Å². The van der Waals surface area contributed by atoms with Crippen LogP contribution < -0.4 is 0 Å². The zero-order chi connectivity index (χ0) is 19.7. The van der Waals surface area contributed by atoms with Gasteiger partial charge in [-0.25, -0.2) is 0 Å². The molecule has 0 rings (SSSR count). The fourth-order valence-electron chi connectivity index (χ4n) is 3.90. The van der Waals surface area contributed by atoms with Crippen molar-refractivity contribution in [2.75, 3.05) is 11.2 Å². The number of unbranched alkanes of at least 4 members (excludes halogenated alkanes) is 22. The van der Waals surface area contributed by atoms with Crippen molar-refractivity contribution in [2.24, 2.45) is 0 Å². The van der Waals surface area contributed by atoms with E-state index in [1.807, 2.05) is 0 Å². The van der Waals surface area contributed by atoms with Crippen molar-refractivity contribution in [3.63, 3.8) is 0 Å². The predicted molar refractivity (Wildman–Crippen MR) is 131 cm³/mol. The maximum atomic E-state index is 5.70. The first kappa shape index (κ1) is 27.8. The van der Waals surface area contributed by atoms with Crippen molar-refractivity contribution < 1.29 is 0 Å². The zero-order valence-corrected chi connectivity index (χ0v) is 20.8. The molecule has 2 heteroatoms. The highest BCUT2D eigenvalue weighted by Crippen LogP contribution is 2.15. The molecule has 0 N–H and O–H groups in total. The second-order valence-electron chi connectivity index (χ2n) is 8.51. The Hall–Kier alpha value is 0.770. The minimum absolute atomic E-state index is 0.845. The standard InChI is InChI=1S/C25H50BrCl/c26-24-22-20-18-16-14-12-10-8-6-4-2-1-3-5-7-9-11-13-15-17-19-21-23-25-27/h1-25H2. The van der Waals surface area contributed by atoms with E-state index in [0.717, 1.165) is 5.88 Å². The zero-order valence-electron chi connectivity index (χ0n) is 18.4. The fourth-order valence-corrected chi connectivity index (χ4v) is 4.49. The van der Waals surface area contributed by atoms with Crippen LogP contribution in [0.1, 0.15) is 148 Å². The lowest BCUT2D eigenvalue weighted by atomic mass is 10.0. The average Bonchev–Trinajstić information content (AvgIpc) is 2.68. The normalized spacial score (nSPS) is 11.3. The van der Waals surface area contributed by atoms with Gasteiger partial charge in [0, 0.05) is 11.2 Å². The van der Waals surface area contributed by atoms with E-state index in [1.54, 1.807) is 0 Å². The van der Waals surface area contributed by atoms with Crippen LogP contribution in [-0.2, 0) is 0 Å². The van der Waals surface area contributed by atoms with Gasteiger partial charge >= 0.3 is 0 Å². The lowest BCUT2D eigenvalue weighted by Gasteiger charge is -2.04. The van der Waals surface area contributed by atoms with E-state index >= 15 is 0 Å². The second-order valence-corrected chi connectivity index (χ2v) is 9.68. The van der Waals surface area contributed by atoms with Gasteiger partial charge in [0.05, 0.1) is 0 Å². The summed E-state index contributed by atoms with van der Waals surface area (Å²) < 4.78 is 0. The molecule has 0 unspecified atom stereocenters. The number of alkyl halides is 2. The quantitative estimate of drug-likeness (QED) is 0.0981. The molecule has 0 aliphatic rings. The lowest BCUT2D eigenvalue weighted by Crippen LogP contribution is -1.84. The Bertz CT molecular complexity index is 220. The van der Waals surface area contributed by atoms with E-state index < -0.39 is 0 Å². The van der Waals surface area contributed by atoms with Crippen molar-refractivity contribution in [1.29, 1.82) is 0 Å². The SMILES string of the molecule is ClCCCCCCCCCCCCCCCCCCCCCCCCCBr. The van der Waals surface area contributed by atoms with E-state index in [1.165, 1.54) is 153 Å². The first-order chi connectivity index (χ1) is 13.4. The van der Waals surface area contributed by atoms with Crippen LogP contribution in [0.2, 0.25) is 0 Å². The monoisotopic (exact) mass is 464 g/mol. The van der Waals surface area contributed by atoms with Crippen LogP contribution in [0.15, 0.2) is 0 Å². The Morgan fingerprint density at radius 2 is 0.481 bits per heavy atom. The smallest absolute Gasteiger partial charge is 0.0223 e. The van der Waals surface area contributed by atoms with Gasteiger partial charge in [0.1, 0.15) is 0 Å². The molecule has 0 aliphatic carbocycles. The van der Waals surface area contributed by atoms with Crippen molar-refractivity contribution in [1.82, 2.24) is 0 Å². The number of rotatable bonds is 24. The summed E-state index contributed by atoms with van der Waals surface area (Å²) in [6, 6.07) is 0. The van der Waals surface area contributed by atoms with Crippen molar-refractivity contribution in [3.05, 3.63) is 0 Å². The number of hydrogen-bond donors (Lipinski definition) is 0. The summed E-state index contributed by atoms with van der Waals surface area (Å²) in [4.78, 5) is 0. The topological polar surface area (TPSA) is 0 Å². The number of halogens is 2. The molecule has 0 spiro atoms.